The molecule has 0 amide bonds. The molecular formula is C18H20BN3O2. The van der Waals surface area contributed by atoms with Crippen LogP contribution in [-0.4, -0.2) is 32.9 Å². The summed E-state index contributed by atoms with van der Waals surface area (Å²) in [6.07, 6.45) is 3.66. The molecule has 122 valence electrons. The van der Waals surface area contributed by atoms with Gasteiger partial charge < -0.3 is 9.31 Å². The van der Waals surface area contributed by atoms with Crippen LogP contribution >= 0.6 is 0 Å². The van der Waals surface area contributed by atoms with Gasteiger partial charge in [0.05, 0.1) is 16.9 Å². The van der Waals surface area contributed by atoms with Crippen molar-refractivity contribution in [2.45, 2.75) is 38.9 Å². The highest BCUT2D eigenvalue weighted by Gasteiger charge is 2.51. The molecule has 1 fully saturated rings. The monoisotopic (exact) mass is 321 g/mol. The molecular weight excluding hydrogens is 301 g/mol. The molecule has 3 heterocycles. The van der Waals surface area contributed by atoms with E-state index in [2.05, 4.69) is 37.8 Å². The number of hydrogen-bond acceptors (Lipinski definition) is 4. The summed E-state index contributed by atoms with van der Waals surface area (Å²) < 4.78 is 14.0. The van der Waals surface area contributed by atoms with Crippen LogP contribution in [0.25, 0.3) is 16.9 Å². The van der Waals surface area contributed by atoms with Crippen LogP contribution in [0.2, 0.25) is 0 Å². The molecule has 1 aliphatic heterocycles. The first kappa shape index (κ1) is 15.4. The van der Waals surface area contributed by atoms with Crippen molar-refractivity contribution in [1.29, 1.82) is 0 Å². The number of fused-ring (bicyclic) bond motifs is 1. The van der Waals surface area contributed by atoms with Crippen LogP contribution in [0.1, 0.15) is 27.7 Å². The van der Waals surface area contributed by atoms with Crippen LogP contribution in [-0.2, 0) is 9.31 Å². The third-order valence-corrected chi connectivity index (χ3v) is 4.97. The predicted molar refractivity (Wildman–Crippen MR) is 94.1 cm³/mol. The fourth-order valence-electron chi connectivity index (χ4n) is 2.76. The first-order valence-corrected chi connectivity index (χ1v) is 8.12. The number of rotatable bonds is 2. The van der Waals surface area contributed by atoms with E-state index >= 15 is 0 Å². The van der Waals surface area contributed by atoms with Gasteiger partial charge in [-0.05, 0) is 39.2 Å². The van der Waals surface area contributed by atoms with Crippen LogP contribution in [0.4, 0.5) is 0 Å². The fraction of sp³-hybridized carbons (Fsp3) is 0.333. The summed E-state index contributed by atoms with van der Waals surface area (Å²) in [4.78, 5) is 4.30. The van der Waals surface area contributed by atoms with Crippen molar-refractivity contribution >= 4 is 18.2 Å². The molecule has 24 heavy (non-hydrogen) atoms. The molecule has 0 saturated carbocycles. The maximum atomic E-state index is 6.09. The summed E-state index contributed by atoms with van der Waals surface area (Å²) in [7, 11) is -0.341. The molecule has 0 N–H and O–H groups in total. The molecule has 0 atom stereocenters. The van der Waals surface area contributed by atoms with Crippen molar-refractivity contribution < 1.29 is 9.31 Å². The Balaban J connectivity index is 1.61. The number of nitrogens with zero attached hydrogens (tertiary/aromatic N) is 3. The van der Waals surface area contributed by atoms with Gasteiger partial charge in [-0.25, -0.2) is 9.50 Å². The fourth-order valence-corrected chi connectivity index (χ4v) is 2.76. The molecule has 1 aliphatic rings. The molecule has 0 aliphatic carbocycles. The van der Waals surface area contributed by atoms with Crippen molar-refractivity contribution in [3.8, 4) is 11.3 Å². The van der Waals surface area contributed by atoms with E-state index in [1.165, 1.54) is 0 Å². The van der Waals surface area contributed by atoms with Crippen molar-refractivity contribution in [2.24, 2.45) is 0 Å². The van der Waals surface area contributed by atoms with Crippen LogP contribution < -0.4 is 5.46 Å². The van der Waals surface area contributed by atoms with E-state index in [4.69, 9.17) is 9.31 Å². The molecule has 0 spiro atoms. The number of aromatic nitrogens is 3. The summed E-state index contributed by atoms with van der Waals surface area (Å²) in [5, 5.41) is 4.55. The van der Waals surface area contributed by atoms with Gasteiger partial charge in [-0.15, -0.1) is 0 Å². The number of hydrogen-bond donors (Lipinski definition) is 0. The average Bonchev–Trinajstić information content (AvgIpc) is 3.06. The largest absolute Gasteiger partial charge is 0.494 e. The quantitative estimate of drug-likeness (QED) is 0.681. The third kappa shape index (κ3) is 2.42. The Morgan fingerprint density at radius 1 is 1.00 bits per heavy atom. The normalized spacial score (nSPS) is 19.1. The second-order valence-electron chi connectivity index (χ2n) is 7.16. The lowest BCUT2D eigenvalue weighted by Crippen LogP contribution is -2.41. The molecule has 1 aromatic carbocycles. The van der Waals surface area contributed by atoms with Crippen molar-refractivity contribution in [3.63, 3.8) is 0 Å². The minimum Gasteiger partial charge on any atom is -0.399 e. The summed E-state index contributed by atoms with van der Waals surface area (Å²) in [5.74, 6) is 0. The molecule has 4 rings (SSSR count). The SMILES string of the molecule is CC1(C)OB(c2ccc(-c3cc4ncccn4n3)cc2)OC1(C)C. The summed E-state index contributed by atoms with van der Waals surface area (Å²) in [6.45, 7) is 8.24. The molecule has 6 heteroatoms. The zero-order chi connectivity index (χ0) is 16.9. The van der Waals surface area contributed by atoms with Gasteiger partial charge in [-0.1, -0.05) is 24.3 Å². The average molecular weight is 321 g/mol. The van der Waals surface area contributed by atoms with E-state index in [0.717, 1.165) is 22.4 Å². The lowest BCUT2D eigenvalue weighted by molar-refractivity contribution is 0.00578. The minimum atomic E-state index is -0.341. The second kappa shape index (κ2) is 5.16. The first-order chi connectivity index (χ1) is 11.4. The lowest BCUT2D eigenvalue weighted by Gasteiger charge is -2.32. The van der Waals surface area contributed by atoms with Gasteiger partial charge in [-0.2, -0.15) is 5.10 Å². The smallest absolute Gasteiger partial charge is 0.399 e. The van der Waals surface area contributed by atoms with Crippen molar-refractivity contribution in [1.82, 2.24) is 14.6 Å². The van der Waals surface area contributed by atoms with Gasteiger partial charge >= 0.3 is 7.12 Å². The van der Waals surface area contributed by atoms with Crippen LogP contribution in [0, 0.1) is 0 Å². The zero-order valence-electron chi connectivity index (χ0n) is 14.4. The van der Waals surface area contributed by atoms with Gasteiger partial charge in [0.1, 0.15) is 0 Å². The molecule has 0 radical (unpaired) electrons. The van der Waals surface area contributed by atoms with Gasteiger partial charge in [0.25, 0.3) is 0 Å². The maximum Gasteiger partial charge on any atom is 0.494 e. The van der Waals surface area contributed by atoms with Crippen LogP contribution in [0.5, 0.6) is 0 Å². The van der Waals surface area contributed by atoms with Gasteiger partial charge in [0, 0.05) is 24.0 Å². The van der Waals surface area contributed by atoms with E-state index in [1.807, 2.05) is 42.6 Å². The Labute approximate surface area is 141 Å². The predicted octanol–water partition coefficient (Wildman–Crippen LogP) is 2.70. The third-order valence-electron chi connectivity index (χ3n) is 4.97. The molecule has 5 nitrogen and oxygen atoms in total. The van der Waals surface area contributed by atoms with Crippen LogP contribution in [0.3, 0.4) is 0 Å². The second-order valence-corrected chi connectivity index (χ2v) is 7.16. The molecule has 3 aromatic rings. The Morgan fingerprint density at radius 2 is 1.67 bits per heavy atom. The van der Waals surface area contributed by atoms with Gasteiger partial charge in [0.2, 0.25) is 0 Å². The van der Waals surface area contributed by atoms with Crippen molar-refractivity contribution in [2.75, 3.05) is 0 Å². The van der Waals surface area contributed by atoms with E-state index in [1.54, 1.807) is 10.7 Å². The topological polar surface area (TPSA) is 48.7 Å². The summed E-state index contributed by atoms with van der Waals surface area (Å²) >= 11 is 0. The molecule has 1 saturated heterocycles. The van der Waals surface area contributed by atoms with E-state index < -0.39 is 0 Å². The molecule has 0 unspecified atom stereocenters. The van der Waals surface area contributed by atoms with Crippen molar-refractivity contribution in [3.05, 3.63) is 48.8 Å². The molecule has 0 bridgehead atoms. The Kier molecular flexibility index (Phi) is 3.30. The van der Waals surface area contributed by atoms with Crippen LogP contribution in [0.15, 0.2) is 48.8 Å². The first-order valence-electron chi connectivity index (χ1n) is 8.12. The summed E-state index contributed by atoms with van der Waals surface area (Å²) in [5.41, 5.74) is 3.13. The Bertz CT molecular complexity index is 838. The highest BCUT2D eigenvalue weighted by Crippen LogP contribution is 2.36. The van der Waals surface area contributed by atoms with E-state index in [0.29, 0.717) is 0 Å². The lowest BCUT2D eigenvalue weighted by atomic mass is 9.79. The minimum absolute atomic E-state index is 0.330. The van der Waals surface area contributed by atoms with E-state index in [-0.39, 0.29) is 18.3 Å². The number of benzene rings is 1. The van der Waals surface area contributed by atoms with E-state index in [9.17, 15) is 0 Å². The highest BCUT2D eigenvalue weighted by molar-refractivity contribution is 6.62. The Hall–Kier alpha value is -2.18. The zero-order valence-corrected chi connectivity index (χ0v) is 14.4. The Morgan fingerprint density at radius 3 is 2.29 bits per heavy atom. The van der Waals surface area contributed by atoms with Gasteiger partial charge in [-0.3, -0.25) is 0 Å². The summed E-state index contributed by atoms with van der Waals surface area (Å²) in [6, 6.07) is 12.0. The maximum absolute atomic E-state index is 6.09. The highest BCUT2D eigenvalue weighted by atomic mass is 16.7. The standard InChI is InChI=1S/C18H20BN3O2/c1-17(2)18(3,4)24-19(23-17)14-8-6-13(7-9-14)15-12-16-20-10-5-11-22(16)21-15/h5-12H,1-4H3. The van der Waals surface area contributed by atoms with Gasteiger partial charge in [0.15, 0.2) is 5.65 Å². The molecule has 2 aromatic heterocycles.